The molecule has 1 N–H and O–H groups in total. The molecule has 0 bridgehead atoms. The Morgan fingerprint density at radius 3 is 2.88 bits per heavy atom. The fraction of sp³-hybridized carbons (Fsp3) is 0.600. The maximum absolute atomic E-state index is 6.02. The van der Waals surface area contributed by atoms with Gasteiger partial charge < -0.3 is 10.1 Å². The van der Waals surface area contributed by atoms with E-state index < -0.39 is 0 Å². The molecule has 1 aromatic carbocycles. The summed E-state index contributed by atoms with van der Waals surface area (Å²) in [5, 5.41) is 3.63. The van der Waals surface area contributed by atoms with E-state index in [1.54, 1.807) is 0 Å². The van der Waals surface area contributed by atoms with Crippen molar-refractivity contribution in [3.63, 3.8) is 0 Å². The van der Waals surface area contributed by atoms with Gasteiger partial charge >= 0.3 is 0 Å². The molecular weight excluding hydrogens is 210 g/mol. The second-order valence-electron chi connectivity index (χ2n) is 6.10. The molecule has 2 nitrogen and oxygen atoms in total. The van der Waals surface area contributed by atoms with Gasteiger partial charge in [-0.25, -0.2) is 0 Å². The Morgan fingerprint density at radius 1 is 1.29 bits per heavy atom. The highest BCUT2D eigenvalue weighted by Crippen LogP contribution is 2.37. The Labute approximate surface area is 103 Å². The van der Waals surface area contributed by atoms with E-state index in [4.69, 9.17) is 4.74 Å². The average Bonchev–Trinajstić information content (AvgIpc) is 2.69. The average molecular weight is 231 g/mol. The van der Waals surface area contributed by atoms with Crippen LogP contribution in [0.2, 0.25) is 0 Å². The van der Waals surface area contributed by atoms with Crippen molar-refractivity contribution < 1.29 is 4.74 Å². The van der Waals surface area contributed by atoms with Crippen LogP contribution in [0.25, 0.3) is 0 Å². The summed E-state index contributed by atoms with van der Waals surface area (Å²) >= 11 is 0. The van der Waals surface area contributed by atoms with Crippen molar-refractivity contribution in [3.8, 4) is 0 Å². The van der Waals surface area contributed by atoms with Gasteiger partial charge in [-0.1, -0.05) is 38.1 Å². The van der Waals surface area contributed by atoms with Crippen molar-refractivity contribution in [1.82, 2.24) is 5.32 Å². The summed E-state index contributed by atoms with van der Waals surface area (Å²) in [6, 6.07) is 9.21. The maximum Gasteiger partial charge on any atom is 0.0980 e. The van der Waals surface area contributed by atoms with E-state index in [0.29, 0.717) is 11.5 Å². The fourth-order valence-electron chi connectivity index (χ4n) is 3.12. The van der Waals surface area contributed by atoms with Gasteiger partial charge in [0.2, 0.25) is 0 Å². The van der Waals surface area contributed by atoms with E-state index in [0.717, 1.165) is 19.6 Å². The van der Waals surface area contributed by atoms with Crippen molar-refractivity contribution in [3.05, 3.63) is 35.4 Å². The van der Waals surface area contributed by atoms with Gasteiger partial charge in [0.05, 0.1) is 12.7 Å². The van der Waals surface area contributed by atoms with E-state index in [1.807, 2.05) is 0 Å². The van der Waals surface area contributed by atoms with Gasteiger partial charge in [-0.15, -0.1) is 0 Å². The molecular formula is C15H21NO. The minimum atomic E-state index is 0.252. The third-order valence-electron chi connectivity index (χ3n) is 4.01. The third-order valence-corrected chi connectivity index (χ3v) is 4.01. The van der Waals surface area contributed by atoms with Crippen LogP contribution < -0.4 is 5.32 Å². The predicted octanol–water partition coefficient (Wildman–Crippen LogP) is 2.69. The highest BCUT2D eigenvalue weighted by atomic mass is 16.5. The second kappa shape index (κ2) is 4.11. The molecule has 1 aromatic rings. The van der Waals surface area contributed by atoms with Crippen molar-refractivity contribution in [2.24, 2.45) is 5.41 Å². The molecule has 2 atom stereocenters. The van der Waals surface area contributed by atoms with Crippen LogP contribution in [0.15, 0.2) is 24.3 Å². The molecule has 2 heterocycles. The SMILES string of the molecule is CC1(C)CN[C@@H](C2OCCc3ccccc32)C1. The molecule has 0 spiro atoms. The minimum absolute atomic E-state index is 0.252. The highest BCUT2D eigenvalue weighted by molar-refractivity contribution is 5.32. The van der Waals surface area contributed by atoms with Gasteiger partial charge in [0, 0.05) is 12.6 Å². The zero-order chi connectivity index (χ0) is 11.9. The number of ether oxygens (including phenoxy) is 1. The molecule has 0 saturated carbocycles. The number of hydrogen-bond acceptors (Lipinski definition) is 2. The lowest BCUT2D eigenvalue weighted by Crippen LogP contribution is -2.33. The van der Waals surface area contributed by atoms with Crippen molar-refractivity contribution in [2.75, 3.05) is 13.2 Å². The molecule has 0 radical (unpaired) electrons. The fourth-order valence-corrected chi connectivity index (χ4v) is 3.12. The number of hydrogen-bond donors (Lipinski definition) is 1. The van der Waals surface area contributed by atoms with Crippen LogP contribution in [0.4, 0.5) is 0 Å². The maximum atomic E-state index is 6.02. The van der Waals surface area contributed by atoms with Gasteiger partial charge in [-0.05, 0) is 29.4 Å². The quantitative estimate of drug-likeness (QED) is 0.802. The Morgan fingerprint density at radius 2 is 2.12 bits per heavy atom. The number of rotatable bonds is 1. The molecule has 0 aromatic heterocycles. The number of benzene rings is 1. The molecule has 17 heavy (non-hydrogen) atoms. The summed E-state index contributed by atoms with van der Waals surface area (Å²) < 4.78 is 6.02. The highest BCUT2D eigenvalue weighted by Gasteiger charge is 2.37. The lowest BCUT2D eigenvalue weighted by molar-refractivity contribution is 0.0181. The molecule has 3 rings (SSSR count). The summed E-state index contributed by atoms with van der Waals surface area (Å²) in [4.78, 5) is 0. The van der Waals surface area contributed by atoms with Gasteiger partial charge in [0.25, 0.3) is 0 Å². The van der Waals surface area contributed by atoms with Crippen LogP contribution in [0.3, 0.4) is 0 Å². The standard InChI is InChI=1S/C15H21NO/c1-15(2)9-13(16-10-15)14-12-6-4-3-5-11(12)7-8-17-14/h3-6,13-14,16H,7-10H2,1-2H3/t13-,14?/m1/s1. The van der Waals surface area contributed by atoms with E-state index >= 15 is 0 Å². The zero-order valence-electron chi connectivity index (χ0n) is 10.7. The first-order valence-electron chi connectivity index (χ1n) is 6.58. The molecule has 2 heteroatoms. The lowest BCUT2D eigenvalue weighted by Gasteiger charge is -2.31. The smallest absolute Gasteiger partial charge is 0.0980 e. The first-order valence-corrected chi connectivity index (χ1v) is 6.58. The molecule has 92 valence electrons. The van der Waals surface area contributed by atoms with Crippen LogP contribution in [-0.2, 0) is 11.2 Å². The monoisotopic (exact) mass is 231 g/mol. The molecule has 1 unspecified atom stereocenters. The molecule has 0 amide bonds. The number of fused-ring (bicyclic) bond motifs is 1. The topological polar surface area (TPSA) is 21.3 Å². The minimum Gasteiger partial charge on any atom is -0.372 e. The normalized spacial score (nSPS) is 31.2. The van der Waals surface area contributed by atoms with Crippen molar-refractivity contribution in [2.45, 2.75) is 38.8 Å². The summed E-state index contributed by atoms with van der Waals surface area (Å²) in [5.41, 5.74) is 3.27. The molecule has 2 aliphatic rings. The van der Waals surface area contributed by atoms with Gasteiger partial charge in [0.1, 0.15) is 0 Å². The molecule has 2 aliphatic heterocycles. The largest absolute Gasteiger partial charge is 0.372 e. The summed E-state index contributed by atoms with van der Waals surface area (Å²) in [7, 11) is 0. The number of nitrogens with one attached hydrogen (secondary N) is 1. The molecule has 0 aliphatic carbocycles. The van der Waals surface area contributed by atoms with E-state index in [-0.39, 0.29) is 6.10 Å². The van der Waals surface area contributed by atoms with Gasteiger partial charge in [0.15, 0.2) is 0 Å². The van der Waals surface area contributed by atoms with E-state index in [9.17, 15) is 0 Å². The van der Waals surface area contributed by atoms with Gasteiger partial charge in [-0.2, -0.15) is 0 Å². The lowest BCUT2D eigenvalue weighted by atomic mass is 9.86. The Kier molecular flexibility index (Phi) is 2.72. The summed E-state index contributed by atoms with van der Waals surface area (Å²) in [6.07, 6.45) is 2.51. The van der Waals surface area contributed by atoms with Gasteiger partial charge in [-0.3, -0.25) is 0 Å². The zero-order valence-corrected chi connectivity index (χ0v) is 10.7. The molecule has 1 fully saturated rings. The third kappa shape index (κ3) is 2.12. The Hall–Kier alpha value is -0.860. The van der Waals surface area contributed by atoms with Crippen LogP contribution in [-0.4, -0.2) is 19.2 Å². The first kappa shape index (κ1) is 11.2. The Balaban J connectivity index is 1.86. The summed E-state index contributed by atoms with van der Waals surface area (Å²) in [6.45, 7) is 6.61. The van der Waals surface area contributed by atoms with Crippen molar-refractivity contribution in [1.29, 1.82) is 0 Å². The van der Waals surface area contributed by atoms with Crippen LogP contribution in [0.1, 0.15) is 37.5 Å². The Bertz CT molecular complexity index is 413. The predicted molar refractivity (Wildman–Crippen MR) is 69.0 cm³/mol. The molecule has 1 saturated heterocycles. The van der Waals surface area contributed by atoms with Crippen molar-refractivity contribution >= 4 is 0 Å². The van der Waals surface area contributed by atoms with E-state index in [2.05, 4.69) is 43.4 Å². The summed E-state index contributed by atoms with van der Waals surface area (Å²) in [5.74, 6) is 0. The first-order chi connectivity index (χ1) is 8.16. The van der Waals surface area contributed by atoms with Crippen LogP contribution in [0, 0.1) is 5.41 Å². The van der Waals surface area contributed by atoms with Crippen LogP contribution in [0.5, 0.6) is 0 Å². The van der Waals surface area contributed by atoms with E-state index in [1.165, 1.54) is 17.5 Å². The van der Waals surface area contributed by atoms with Crippen LogP contribution >= 0.6 is 0 Å². The second-order valence-corrected chi connectivity index (χ2v) is 6.10.